The molecule has 1 aromatic heterocycles. The summed E-state index contributed by atoms with van der Waals surface area (Å²) >= 11 is 0. The van der Waals surface area contributed by atoms with E-state index in [0.717, 1.165) is 5.82 Å². The summed E-state index contributed by atoms with van der Waals surface area (Å²) < 4.78 is 0. The number of aromatic nitrogens is 1. The van der Waals surface area contributed by atoms with Gasteiger partial charge in [-0.3, -0.25) is 0 Å². The normalized spacial score (nSPS) is 10.2. The summed E-state index contributed by atoms with van der Waals surface area (Å²) in [6, 6.07) is 3.49. The zero-order valence-electron chi connectivity index (χ0n) is 10.8. The first-order valence-corrected chi connectivity index (χ1v) is 5.67. The number of urea groups is 1. The van der Waals surface area contributed by atoms with Gasteiger partial charge in [0.05, 0.1) is 11.9 Å². The van der Waals surface area contributed by atoms with E-state index in [1.807, 2.05) is 45.0 Å². The molecule has 1 rings (SSSR count). The third kappa shape index (κ3) is 4.72. The third-order valence-electron chi connectivity index (χ3n) is 2.13. The molecule has 94 valence electrons. The van der Waals surface area contributed by atoms with Gasteiger partial charge >= 0.3 is 6.03 Å². The van der Waals surface area contributed by atoms with Gasteiger partial charge in [-0.1, -0.05) is 13.8 Å². The monoisotopic (exact) mass is 236 g/mol. The fourth-order valence-corrected chi connectivity index (χ4v) is 1.20. The number of carbonyl (C=O) groups is 1. The summed E-state index contributed by atoms with van der Waals surface area (Å²) in [5, 5.41) is 5.51. The van der Waals surface area contributed by atoms with Crippen LogP contribution in [0.15, 0.2) is 18.3 Å². The number of anilines is 2. The predicted octanol–water partition coefficient (Wildman–Crippen LogP) is 1.93. The van der Waals surface area contributed by atoms with Crippen molar-refractivity contribution in [2.75, 3.05) is 30.9 Å². The Balaban J connectivity index is 2.48. The van der Waals surface area contributed by atoms with Crippen LogP contribution in [0.4, 0.5) is 16.3 Å². The van der Waals surface area contributed by atoms with Gasteiger partial charge in [0.15, 0.2) is 0 Å². The zero-order chi connectivity index (χ0) is 12.8. The molecule has 2 N–H and O–H groups in total. The molecule has 17 heavy (non-hydrogen) atoms. The van der Waals surface area contributed by atoms with Crippen molar-refractivity contribution < 1.29 is 4.79 Å². The molecule has 0 unspecified atom stereocenters. The summed E-state index contributed by atoms with van der Waals surface area (Å²) in [7, 11) is 3.84. The van der Waals surface area contributed by atoms with E-state index in [1.165, 1.54) is 0 Å². The van der Waals surface area contributed by atoms with Gasteiger partial charge in [-0.2, -0.15) is 0 Å². The average molecular weight is 236 g/mol. The number of pyridine rings is 1. The maximum absolute atomic E-state index is 11.5. The molecular weight excluding hydrogens is 216 g/mol. The molecule has 0 aliphatic carbocycles. The lowest BCUT2D eigenvalue weighted by atomic mass is 10.2. The molecule has 2 amide bonds. The van der Waals surface area contributed by atoms with Crippen LogP contribution in [0.1, 0.15) is 13.8 Å². The van der Waals surface area contributed by atoms with Gasteiger partial charge in [0.25, 0.3) is 0 Å². The molecule has 0 aliphatic heterocycles. The lowest BCUT2D eigenvalue weighted by Crippen LogP contribution is -2.31. The second-order valence-corrected chi connectivity index (χ2v) is 4.53. The highest BCUT2D eigenvalue weighted by molar-refractivity contribution is 5.89. The SMILES string of the molecule is CC(C)CNC(=O)Nc1ccc(N(C)C)nc1. The first-order chi connectivity index (χ1) is 7.99. The van der Waals surface area contributed by atoms with Crippen molar-refractivity contribution in [2.45, 2.75) is 13.8 Å². The van der Waals surface area contributed by atoms with Gasteiger partial charge in [0, 0.05) is 20.6 Å². The van der Waals surface area contributed by atoms with Gasteiger partial charge in [-0.15, -0.1) is 0 Å². The third-order valence-corrected chi connectivity index (χ3v) is 2.13. The van der Waals surface area contributed by atoms with E-state index in [0.29, 0.717) is 18.2 Å². The summed E-state index contributed by atoms with van der Waals surface area (Å²) in [5.74, 6) is 1.30. The number of amides is 2. The quantitative estimate of drug-likeness (QED) is 0.839. The molecular formula is C12H20N4O. The lowest BCUT2D eigenvalue weighted by molar-refractivity contribution is 0.251. The molecule has 0 saturated carbocycles. The van der Waals surface area contributed by atoms with Crippen LogP contribution in [0.25, 0.3) is 0 Å². The second-order valence-electron chi connectivity index (χ2n) is 4.53. The van der Waals surface area contributed by atoms with Crippen LogP contribution in [0.3, 0.4) is 0 Å². The van der Waals surface area contributed by atoms with Gasteiger partial charge in [0.1, 0.15) is 5.82 Å². The van der Waals surface area contributed by atoms with Crippen LogP contribution in [-0.4, -0.2) is 31.7 Å². The number of carbonyl (C=O) groups excluding carboxylic acids is 1. The molecule has 1 aromatic rings. The van der Waals surface area contributed by atoms with Gasteiger partial charge in [-0.25, -0.2) is 9.78 Å². The summed E-state index contributed by atoms with van der Waals surface area (Å²) in [4.78, 5) is 17.6. The van der Waals surface area contributed by atoms with Crippen LogP contribution in [-0.2, 0) is 0 Å². The molecule has 0 spiro atoms. The first-order valence-electron chi connectivity index (χ1n) is 5.67. The van der Waals surface area contributed by atoms with Gasteiger partial charge < -0.3 is 15.5 Å². The molecule has 0 radical (unpaired) electrons. The highest BCUT2D eigenvalue weighted by Gasteiger charge is 2.03. The number of hydrogen-bond acceptors (Lipinski definition) is 3. The van der Waals surface area contributed by atoms with Crippen molar-refractivity contribution in [3.8, 4) is 0 Å². The number of nitrogens with zero attached hydrogens (tertiary/aromatic N) is 2. The lowest BCUT2D eigenvalue weighted by Gasteiger charge is -2.12. The second kappa shape index (κ2) is 6.08. The van der Waals surface area contributed by atoms with Crippen molar-refractivity contribution in [1.29, 1.82) is 0 Å². The van der Waals surface area contributed by atoms with E-state index < -0.39 is 0 Å². The first kappa shape index (κ1) is 13.3. The van der Waals surface area contributed by atoms with Crippen molar-refractivity contribution in [2.24, 2.45) is 5.92 Å². The Kier molecular flexibility index (Phi) is 4.75. The van der Waals surface area contributed by atoms with E-state index in [-0.39, 0.29) is 6.03 Å². The summed E-state index contributed by atoms with van der Waals surface area (Å²) in [6.07, 6.45) is 1.64. The van der Waals surface area contributed by atoms with Crippen molar-refractivity contribution in [3.63, 3.8) is 0 Å². The van der Waals surface area contributed by atoms with Crippen LogP contribution in [0.2, 0.25) is 0 Å². The molecule has 0 bridgehead atoms. The average Bonchev–Trinajstić information content (AvgIpc) is 2.27. The van der Waals surface area contributed by atoms with Crippen LogP contribution < -0.4 is 15.5 Å². The number of hydrogen-bond donors (Lipinski definition) is 2. The molecule has 0 aliphatic rings. The summed E-state index contributed by atoms with van der Waals surface area (Å²) in [6.45, 7) is 4.76. The van der Waals surface area contributed by atoms with E-state index in [9.17, 15) is 4.79 Å². The molecule has 0 saturated heterocycles. The molecule has 5 nitrogen and oxygen atoms in total. The topological polar surface area (TPSA) is 57.3 Å². The maximum atomic E-state index is 11.5. The Labute approximate surface area is 102 Å². The van der Waals surface area contributed by atoms with E-state index in [2.05, 4.69) is 15.6 Å². The number of nitrogens with one attached hydrogen (secondary N) is 2. The minimum absolute atomic E-state index is 0.196. The van der Waals surface area contributed by atoms with Crippen LogP contribution >= 0.6 is 0 Å². The molecule has 0 atom stereocenters. The smallest absolute Gasteiger partial charge is 0.319 e. The van der Waals surface area contributed by atoms with E-state index >= 15 is 0 Å². The van der Waals surface area contributed by atoms with Crippen LogP contribution in [0.5, 0.6) is 0 Å². The maximum Gasteiger partial charge on any atom is 0.319 e. The van der Waals surface area contributed by atoms with Crippen molar-refractivity contribution in [3.05, 3.63) is 18.3 Å². The van der Waals surface area contributed by atoms with Gasteiger partial charge in [0.2, 0.25) is 0 Å². The van der Waals surface area contributed by atoms with E-state index in [1.54, 1.807) is 6.20 Å². The Morgan fingerprint density at radius 3 is 2.59 bits per heavy atom. The van der Waals surface area contributed by atoms with Crippen molar-refractivity contribution in [1.82, 2.24) is 10.3 Å². The molecule has 0 aromatic carbocycles. The summed E-state index contributed by atoms with van der Waals surface area (Å²) in [5.41, 5.74) is 0.692. The van der Waals surface area contributed by atoms with Gasteiger partial charge in [-0.05, 0) is 18.1 Å². The largest absolute Gasteiger partial charge is 0.363 e. The highest BCUT2D eigenvalue weighted by Crippen LogP contribution is 2.11. The predicted molar refractivity (Wildman–Crippen MR) is 70.4 cm³/mol. The molecule has 1 heterocycles. The Morgan fingerprint density at radius 2 is 2.12 bits per heavy atom. The van der Waals surface area contributed by atoms with Crippen molar-refractivity contribution >= 4 is 17.5 Å². The standard InChI is InChI=1S/C12H20N4O/c1-9(2)7-14-12(17)15-10-5-6-11(13-8-10)16(3)4/h5-6,8-9H,7H2,1-4H3,(H2,14,15,17). The fourth-order valence-electron chi connectivity index (χ4n) is 1.20. The number of rotatable bonds is 4. The fraction of sp³-hybridized carbons (Fsp3) is 0.500. The van der Waals surface area contributed by atoms with Crippen LogP contribution in [0, 0.1) is 5.92 Å². The molecule has 0 fully saturated rings. The zero-order valence-corrected chi connectivity index (χ0v) is 10.8. The Morgan fingerprint density at radius 1 is 1.41 bits per heavy atom. The Hall–Kier alpha value is -1.78. The Bertz CT molecular complexity index is 359. The van der Waals surface area contributed by atoms with E-state index in [4.69, 9.17) is 0 Å². The molecule has 5 heteroatoms. The minimum atomic E-state index is -0.196. The minimum Gasteiger partial charge on any atom is -0.363 e. The highest BCUT2D eigenvalue weighted by atomic mass is 16.2.